The fourth-order valence-corrected chi connectivity index (χ4v) is 1.78. The van der Waals surface area contributed by atoms with Gasteiger partial charge in [-0.15, -0.1) is 0 Å². The van der Waals surface area contributed by atoms with Crippen LogP contribution in [0.1, 0.15) is 22.9 Å². The largest absolute Gasteiger partial charge is 0.483 e. The first-order valence-electron chi connectivity index (χ1n) is 6.05. The molecule has 1 aromatic carbocycles. The van der Waals surface area contributed by atoms with Gasteiger partial charge < -0.3 is 10.5 Å². The van der Waals surface area contributed by atoms with Crippen molar-refractivity contribution in [1.29, 1.82) is 0 Å². The standard InChI is InChI=1S/C15H18N2O/c1-11-6-7-12(2)14(9-11)18-15(10-16)13-5-3-4-8-17-13/h3-9,15H,10,16H2,1-2H3. The number of aromatic nitrogens is 1. The van der Waals surface area contributed by atoms with Gasteiger partial charge in [0.25, 0.3) is 0 Å². The molecule has 3 heteroatoms. The zero-order valence-corrected chi connectivity index (χ0v) is 10.8. The van der Waals surface area contributed by atoms with Gasteiger partial charge in [-0.1, -0.05) is 18.2 Å². The molecule has 0 saturated heterocycles. The molecule has 0 amide bonds. The third-order valence-electron chi connectivity index (χ3n) is 2.84. The Morgan fingerprint density at radius 3 is 2.72 bits per heavy atom. The second-order valence-electron chi connectivity index (χ2n) is 4.37. The number of aryl methyl sites for hydroxylation is 2. The van der Waals surface area contributed by atoms with Crippen molar-refractivity contribution in [1.82, 2.24) is 4.98 Å². The van der Waals surface area contributed by atoms with Crippen LogP contribution in [0.25, 0.3) is 0 Å². The van der Waals surface area contributed by atoms with Crippen molar-refractivity contribution in [2.45, 2.75) is 20.0 Å². The number of ether oxygens (including phenoxy) is 1. The number of nitrogens with two attached hydrogens (primary N) is 1. The molecule has 0 aliphatic rings. The lowest BCUT2D eigenvalue weighted by atomic mass is 10.1. The Bertz CT molecular complexity index is 511. The van der Waals surface area contributed by atoms with E-state index < -0.39 is 0 Å². The van der Waals surface area contributed by atoms with E-state index in [1.165, 1.54) is 5.56 Å². The van der Waals surface area contributed by atoms with Gasteiger partial charge in [0.15, 0.2) is 6.10 Å². The third kappa shape index (κ3) is 2.87. The number of hydrogen-bond donors (Lipinski definition) is 1. The Balaban J connectivity index is 2.23. The molecule has 3 nitrogen and oxygen atoms in total. The van der Waals surface area contributed by atoms with E-state index in [0.29, 0.717) is 6.54 Å². The first kappa shape index (κ1) is 12.6. The van der Waals surface area contributed by atoms with E-state index in [0.717, 1.165) is 17.0 Å². The summed E-state index contributed by atoms with van der Waals surface area (Å²) in [5.74, 6) is 0.871. The van der Waals surface area contributed by atoms with Gasteiger partial charge >= 0.3 is 0 Å². The van der Waals surface area contributed by atoms with Crippen molar-refractivity contribution in [3.63, 3.8) is 0 Å². The average Bonchev–Trinajstić information content (AvgIpc) is 2.41. The highest BCUT2D eigenvalue weighted by Crippen LogP contribution is 2.24. The summed E-state index contributed by atoms with van der Waals surface area (Å²) in [6.45, 7) is 4.48. The summed E-state index contributed by atoms with van der Waals surface area (Å²) >= 11 is 0. The van der Waals surface area contributed by atoms with Crippen LogP contribution in [0, 0.1) is 13.8 Å². The van der Waals surface area contributed by atoms with Gasteiger partial charge in [0.05, 0.1) is 5.69 Å². The summed E-state index contributed by atoms with van der Waals surface area (Å²) in [5.41, 5.74) is 8.92. The van der Waals surface area contributed by atoms with Crippen LogP contribution in [0.4, 0.5) is 0 Å². The molecule has 0 saturated carbocycles. The Hall–Kier alpha value is -1.87. The Morgan fingerprint density at radius 2 is 2.06 bits per heavy atom. The van der Waals surface area contributed by atoms with Gasteiger partial charge in [-0.3, -0.25) is 4.98 Å². The highest BCUT2D eigenvalue weighted by atomic mass is 16.5. The monoisotopic (exact) mass is 242 g/mol. The molecule has 2 aromatic rings. The van der Waals surface area contributed by atoms with Gasteiger partial charge in [0.1, 0.15) is 5.75 Å². The number of hydrogen-bond acceptors (Lipinski definition) is 3. The number of benzene rings is 1. The first-order chi connectivity index (χ1) is 8.70. The topological polar surface area (TPSA) is 48.1 Å². The molecule has 1 heterocycles. The lowest BCUT2D eigenvalue weighted by Gasteiger charge is -2.18. The summed E-state index contributed by atoms with van der Waals surface area (Å²) < 4.78 is 5.97. The third-order valence-corrected chi connectivity index (χ3v) is 2.84. The summed E-state index contributed by atoms with van der Waals surface area (Å²) in [6.07, 6.45) is 1.55. The summed E-state index contributed by atoms with van der Waals surface area (Å²) in [6, 6.07) is 11.9. The SMILES string of the molecule is Cc1ccc(C)c(OC(CN)c2ccccn2)c1. The molecule has 0 aliphatic heterocycles. The minimum Gasteiger partial charge on any atom is -0.483 e. The van der Waals surface area contributed by atoms with Gasteiger partial charge in [-0.25, -0.2) is 0 Å². The normalized spacial score (nSPS) is 12.2. The Labute approximate surface area is 108 Å². The van der Waals surface area contributed by atoms with Crippen molar-refractivity contribution in [2.24, 2.45) is 5.73 Å². The Kier molecular flexibility index (Phi) is 3.95. The van der Waals surface area contributed by atoms with Crippen LogP contribution in [-0.4, -0.2) is 11.5 Å². The summed E-state index contributed by atoms with van der Waals surface area (Å²) in [7, 11) is 0. The van der Waals surface area contributed by atoms with Crippen molar-refractivity contribution in [3.8, 4) is 5.75 Å². The predicted octanol–water partition coefficient (Wildman–Crippen LogP) is 2.78. The van der Waals surface area contributed by atoms with E-state index >= 15 is 0 Å². The summed E-state index contributed by atoms with van der Waals surface area (Å²) in [5, 5.41) is 0. The van der Waals surface area contributed by atoms with Crippen molar-refractivity contribution < 1.29 is 4.74 Å². The first-order valence-corrected chi connectivity index (χ1v) is 6.05. The van der Waals surface area contributed by atoms with Crippen molar-refractivity contribution in [2.75, 3.05) is 6.54 Å². The molecule has 1 aromatic heterocycles. The zero-order valence-electron chi connectivity index (χ0n) is 10.8. The van der Waals surface area contributed by atoms with E-state index in [-0.39, 0.29) is 6.10 Å². The lowest BCUT2D eigenvalue weighted by Crippen LogP contribution is -2.19. The van der Waals surface area contributed by atoms with Crippen LogP contribution in [0.3, 0.4) is 0 Å². The maximum atomic E-state index is 5.97. The maximum Gasteiger partial charge on any atom is 0.153 e. The molecule has 2 rings (SSSR count). The van der Waals surface area contributed by atoms with E-state index in [9.17, 15) is 0 Å². The minimum absolute atomic E-state index is 0.202. The quantitative estimate of drug-likeness (QED) is 0.896. The molecular formula is C15H18N2O. The van der Waals surface area contributed by atoms with Crippen molar-refractivity contribution in [3.05, 3.63) is 59.4 Å². The second kappa shape index (κ2) is 5.65. The van der Waals surface area contributed by atoms with Gasteiger partial charge in [-0.2, -0.15) is 0 Å². The smallest absolute Gasteiger partial charge is 0.153 e. The molecule has 1 atom stereocenters. The van der Waals surface area contributed by atoms with Crippen LogP contribution in [0.15, 0.2) is 42.6 Å². The number of nitrogens with zero attached hydrogens (tertiary/aromatic N) is 1. The highest BCUT2D eigenvalue weighted by Gasteiger charge is 2.13. The molecular weight excluding hydrogens is 224 g/mol. The van der Waals surface area contributed by atoms with E-state index in [4.69, 9.17) is 10.5 Å². The summed E-state index contributed by atoms with van der Waals surface area (Å²) in [4.78, 5) is 4.29. The van der Waals surface area contributed by atoms with E-state index in [2.05, 4.69) is 17.1 Å². The molecule has 18 heavy (non-hydrogen) atoms. The van der Waals surface area contributed by atoms with Gasteiger partial charge in [0, 0.05) is 12.7 Å². The molecule has 1 unspecified atom stereocenters. The molecule has 94 valence electrons. The zero-order chi connectivity index (χ0) is 13.0. The van der Waals surface area contributed by atoms with Crippen LogP contribution in [0.5, 0.6) is 5.75 Å². The second-order valence-corrected chi connectivity index (χ2v) is 4.37. The average molecular weight is 242 g/mol. The molecule has 0 aliphatic carbocycles. The van der Waals surface area contributed by atoms with Gasteiger partial charge in [-0.05, 0) is 43.2 Å². The molecule has 2 N–H and O–H groups in total. The van der Waals surface area contributed by atoms with E-state index in [1.807, 2.05) is 38.1 Å². The maximum absolute atomic E-state index is 5.97. The number of pyridine rings is 1. The van der Waals surface area contributed by atoms with Crippen LogP contribution >= 0.6 is 0 Å². The number of rotatable bonds is 4. The molecule has 0 bridgehead atoms. The lowest BCUT2D eigenvalue weighted by molar-refractivity contribution is 0.208. The molecule has 0 radical (unpaired) electrons. The van der Waals surface area contributed by atoms with Crippen LogP contribution in [0.2, 0.25) is 0 Å². The fraction of sp³-hybridized carbons (Fsp3) is 0.267. The predicted molar refractivity (Wildman–Crippen MR) is 72.6 cm³/mol. The minimum atomic E-state index is -0.202. The van der Waals surface area contributed by atoms with Gasteiger partial charge in [0.2, 0.25) is 0 Å². The molecule has 0 fully saturated rings. The Morgan fingerprint density at radius 1 is 1.22 bits per heavy atom. The van der Waals surface area contributed by atoms with E-state index in [1.54, 1.807) is 6.20 Å². The van der Waals surface area contributed by atoms with Crippen LogP contribution in [-0.2, 0) is 0 Å². The van der Waals surface area contributed by atoms with Crippen molar-refractivity contribution >= 4 is 0 Å². The fourth-order valence-electron chi connectivity index (χ4n) is 1.78. The molecule has 0 spiro atoms. The highest BCUT2D eigenvalue weighted by molar-refractivity contribution is 5.36. The van der Waals surface area contributed by atoms with Crippen LogP contribution < -0.4 is 10.5 Å².